The molecule has 5 unspecified atom stereocenters. The third-order valence-electron chi connectivity index (χ3n) is 4.63. The van der Waals surface area contributed by atoms with E-state index < -0.39 is 82.4 Å². The summed E-state index contributed by atoms with van der Waals surface area (Å²) in [6.45, 7) is -1.31. The number of hydrogen-bond donors (Lipinski definition) is 7. The zero-order valence-corrected chi connectivity index (χ0v) is 16.5. The molecule has 2 fully saturated rings. The highest BCUT2D eigenvalue weighted by Gasteiger charge is 2.50. The molecule has 2 aliphatic rings. The minimum atomic E-state index is -3.93. The molecule has 0 aromatic carbocycles. The van der Waals surface area contributed by atoms with E-state index in [-0.39, 0.29) is 0 Å². The van der Waals surface area contributed by atoms with Gasteiger partial charge in [0.1, 0.15) is 48.8 Å². The lowest BCUT2D eigenvalue weighted by atomic mass is 9.98. The highest BCUT2D eigenvalue weighted by atomic mass is 31.2. The van der Waals surface area contributed by atoms with E-state index in [1.54, 1.807) is 0 Å². The van der Waals surface area contributed by atoms with Crippen LogP contribution in [0.25, 0.3) is 0 Å². The Kier molecular flexibility index (Phi) is 8.91. The van der Waals surface area contributed by atoms with E-state index in [4.69, 9.17) is 18.7 Å². The van der Waals surface area contributed by atoms with Gasteiger partial charge in [-0.3, -0.25) is 13.6 Å². The largest absolute Gasteiger partial charge is 0.474 e. The summed E-state index contributed by atoms with van der Waals surface area (Å²) < 4.78 is 41.7. The molecule has 0 aliphatic carbocycles. The Morgan fingerprint density at radius 1 is 0.759 bits per heavy atom. The lowest BCUT2D eigenvalue weighted by molar-refractivity contribution is -0.376. The summed E-state index contributed by atoms with van der Waals surface area (Å²) in [4.78, 5) is 0. The monoisotopic (exact) mass is 450 g/mol. The van der Waals surface area contributed by atoms with Crippen molar-refractivity contribution in [3.8, 4) is 0 Å². The van der Waals surface area contributed by atoms with E-state index >= 15 is 0 Å². The average Bonchev–Trinajstić information content (AvgIpc) is 2.73. The molecule has 0 aromatic heterocycles. The highest BCUT2D eigenvalue weighted by Crippen LogP contribution is 2.48. The van der Waals surface area contributed by atoms with Crippen LogP contribution in [0.2, 0.25) is 0 Å². The fourth-order valence-electron chi connectivity index (χ4n) is 2.82. The van der Waals surface area contributed by atoms with Crippen molar-refractivity contribution in [2.75, 3.05) is 27.4 Å². The number of ether oxygens (including phenoxy) is 3. The van der Waals surface area contributed by atoms with Crippen LogP contribution in [0.3, 0.4) is 0 Å². The molecule has 0 amide bonds. The Morgan fingerprint density at radius 3 is 1.66 bits per heavy atom. The number of aliphatic hydroxyl groups excluding tert-OH is 7. The summed E-state index contributed by atoms with van der Waals surface area (Å²) in [5.74, 6) is 0. The summed E-state index contributed by atoms with van der Waals surface area (Å²) in [7, 11) is -1.81. The van der Waals surface area contributed by atoms with Crippen molar-refractivity contribution in [3.05, 3.63) is 0 Å². The van der Waals surface area contributed by atoms with Crippen molar-refractivity contribution in [2.45, 2.75) is 61.4 Å². The van der Waals surface area contributed by atoms with Crippen LogP contribution in [0, 0.1) is 0 Å². The SMILES string of the molecule is COP(=O)(OC)OCC1O[C@H](O[C@H]2OC(CO)[C@@H](O)[C@H](O)C2O)C(O)C(O)[C@@H]1O. The predicted molar refractivity (Wildman–Crippen MR) is 89.1 cm³/mol. The Bertz CT molecular complexity index is 554. The summed E-state index contributed by atoms with van der Waals surface area (Å²) in [5.41, 5.74) is 0. The molecule has 29 heavy (non-hydrogen) atoms. The van der Waals surface area contributed by atoms with Gasteiger partial charge in [-0.2, -0.15) is 0 Å². The molecule has 7 N–H and O–H groups in total. The van der Waals surface area contributed by atoms with E-state index in [9.17, 15) is 40.3 Å². The molecular weight excluding hydrogens is 423 g/mol. The van der Waals surface area contributed by atoms with Crippen LogP contribution < -0.4 is 0 Å². The fourth-order valence-corrected chi connectivity index (χ4v) is 3.51. The van der Waals surface area contributed by atoms with Crippen LogP contribution in [0.15, 0.2) is 0 Å². The molecule has 2 heterocycles. The van der Waals surface area contributed by atoms with Gasteiger partial charge in [-0.05, 0) is 0 Å². The molecule has 2 saturated heterocycles. The van der Waals surface area contributed by atoms with E-state index in [0.717, 1.165) is 14.2 Å². The first kappa shape index (κ1) is 25.0. The first-order chi connectivity index (χ1) is 13.6. The van der Waals surface area contributed by atoms with Gasteiger partial charge < -0.3 is 50.0 Å². The molecule has 2 rings (SSSR count). The maximum absolute atomic E-state index is 11.9. The minimum absolute atomic E-state index is 0.599. The van der Waals surface area contributed by atoms with E-state index in [1.807, 2.05) is 0 Å². The minimum Gasteiger partial charge on any atom is -0.394 e. The predicted octanol–water partition coefficient (Wildman–Crippen LogP) is -3.97. The van der Waals surface area contributed by atoms with Crippen LogP contribution in [-0.2, 0) is 32.3 Å². The molecule has 0 radical (unpaired) electrons. The van der Waals surface area contributed by atoms with Crippen molar-refractivity contribution < 1.29 is 68.1 Å². The Balaban J connectivity index is 2.08. The van der Waals surface area contributed by atoms with Crippen LogP contribution in [0.1, 0.15) is 0 Å². The zero-order valence-electron chi connectivity index (χ0n) is 15.6. The normalized spacial score (nSPS) is 44.0. The molecule has 0 spiro atoms. The summed E-state index contributed by atoms with van der Waals surface area (Å²) in [6.07, 6.45) is -16.5. The van der Waals surface area contributed by atoms with Crippen LogP contribution in [0.4, 0.5) is 0 Å². The Morgan fingerprint density at radius 2 is 1.21 bits per heavy atom. The van der Waals surface area contributed by atoms with Gasteiger partial charge in [-0.25, -0.2) is 4.57 Å². The summed E-state index contributed by atoms with van der Waals surface area (Å²) in [5, 5.41) is 69.0. The van der Waals surface area contributed by atoms with Gasteiger partial charge in [0.2, 0.25) is 0 Å². The van der Waals surface area contributed by atoms with Crippen molar-refractivity contribution in [2.24, 2.45) is 0 Å². The molecular formula is C14H27O14P. The van der Waals surface area contributed by atoms with Gasteiger partial charge in [0, 0.05) is 14.2 Å². The third kappa shape index (κ3) is 5.50. The molecule has 0 saturated carbocycles. The lowest BCUT2D eigenvalue weighted by Crippen LogP contribution is -2.63. The fraction of sp³-hybridized carbons (Fsp3) is 1.00. The molecule has 14 nitrogen and oxygen atoms in total. The standard InChI is InChI=1S/C14H27O14P/c1-23-29(22,24-2)25-4-6-8(17)10(19)12(21)14(27-6)28-13-11(20)9(18)7(16)5(3-15)26-13/h5-21H,3-4H2,1-2H3/t5?,6?,7-,8-,9+,10?,11?,12?,13-,14-/m1/s1. The number of hydrogen-bond acceptors (Lipinski definition) is 14. The van der Waals surface area contributed by atoms with Crippen molar-refractivity contribution >= 4 is 7.82 Å². The first-order valence-electron chi connectivity index (χ1n) is 8.60. The zero-order chi connectivity index (χ0) is 21.9. The van der Waals surface area contributed by atoms with Crippen molar-refractivity contribution in [3.63, 3.8) is 0 Å². The Labute approximate surface area is 165 Å². The second-order valence-electron chi connectivity index (χ2n) is 6.46. The molecule has 10 atom stereocenters. The van der Waals surface area contributed by atoms with Crippen LogP contribution in [-0.4, -0.2) is 125 Å². The van der Waals surface area contributed by atoms with E-state index in [0.29, 0.717) is 0 Å². The van der Waals surface area contributed by atoms with Gasteiger partial charge in [-0.1, -0.05) is 0 Å². The van der Waals surface area contributed by atoms with Gasteiger partial charge in [0.05, 0.1) is 13.2 Å². The lowest BCUT2D eigenvalue weighted by Gasteiger charge is -2.44. The van der Waals surface area contributed by atoms with Crippen molar-refractivity contribution in [1.82, 2.24) is 0 Å². The number of rotatable bonds is 8. The number of phosphoric acid groups is 1. The van der Waals surface area contributed by atoms with Crippen LogP contribution in [0.5, 0.6) is 0 Å². The maximum Gasteiger partial charge on any atom is 0.474 e. The second-order valence-corrected chi connectivity index (χ2v) is 8.34. The maximum atomic E-state index is 11.9. The van der Waals surface area contributed by atoms with E-state index in [2.05, 4.69) is 9.05 Å². The molecule has 172 valence electrons. The van der Waals surface area contributed by atoms with Crippen LogP contribution >= 0.6 is 7.82 Å². The third-order valence-corrected chi connectivity index (χ3v) is 5.99. The van der Waals surface area contributed by atoms with Gasteiger partial charge in [0.25, 0.3) is 0 Å². The van der Waals surface area contributed by atoms with E-state index in [1.165, 1.54) is 0 Å². The summed E-state index contributed by atoms with van der Waals surface area (Å²) >= 11 is 0. The molecule has 0 aromatic rings. The topological polar surface area (TPSA) is 214 Å². The smallest absolute Gasteiger partial charge is 0.394 e. The Hall–Kier alpha value is -0.290. The number of aliphatic hydroxyl groups is 7. The molecule has 0 bridgehead atoms. The molecule has 15 heteroatoms. The average molecular weight is 450 g/mol. The van der Waals surface area contributed by atoms with Gasteiger partial charge in [-0.15, -0.1) is 0 Å². The number of phosphoric ester groups is 1. The van der Waals surface area contributed by atoms with Crippen molar-refractivity contribution in [1.29, 1.82) is 0 Å². The first-order valence-corrected chi connectivity index (χ1v) is 10.1. The highest BCUT2D eigenvalue weighted by molar-refractivity contribution is 7.48. The van der Waals surface area contributed by atoms with Gasteiger partial charge in [0.15, 0.2) is 12.6 Å². The quantitative estimate of drug-likeness (QED) is 0.176. The van der Waals surface area contributed by atoms with Gasteiger partial charge >= 0.3 is 7.82 Å². The second kappa shape index (κ2) is 10.3. The summed E-state index contributed by atoms with van der Waals surface area (Å²) in [6, 6.07) is 0. The molecule has 2 aliphatic heterocycles.